The molecule has 126 valence electrons. The number of rotatable bonds is 4. The SMILES string of the molecule is COCCN1C(=O)S/C(=C/c2cc(C)n(C(C)(C)C)c2C)C1=O. The Balaban J connectivity index is 2.33. The first-order valence-corrected chi connectivity index (χ1v) is 8.42. The lowest BCUT2D eigenvalue weighted by Gasteiger charge is -2.25. The molecule has 23 heavy (non-hydrogen) atoms. The summed E-state index contributed by atoms with van der Waals surface area (Å²) in [7, 11) is 1.55. The summed E-state index contributed by atoms with van der Waals surface area (Å²) in [5, 5.41) is -0.233. The average Bonchev–Trinajstić information content (AvgIpc) is 2.85. The van der Waals surface area contributed by atoms with Gasteiger partial charge in [0.15, 0.2) is 0 Å². The van der Waals surface area contributed by atoms with Gasteiger partial charge in [-0.2, -0.15) is 0 Å². The zero-order valence-corrected chi connectivity index (χ0v) is 15.4. The molecule has 0 aliphatic carbocycles. The van der Waals surface area contributed by atoms with Crippen molar-refractivity contribution < 1.29 is 14.3 Å². The largest absolute Gasteiger partial charge is 0.383 e. The number of hydrogen-bond donors (Lipinski definition) is 0. The molecule has 2 rings (SSSR count). The Morgan fingerprint density at radius 1 is 1.26 bits per heavy atom. The predicted molar refractivity (Wildman–Crippen MR) is 93.5 cm³/mol. The number of imide groups is 1. The highest BCUT2D eigenvalue weighted by Crippen LogP contribution is 2.34. The van der Waals surface area contributed by atoms with Crippen molar-refractivity contribution in [3.05, 3.63) is 27.9 Å². The summed E-state index contributed by atoms with van der Waals surface area (Å²) in [5.74, 6) is -0.238. The fourth-order valence-corrected chi connectivity index (χ4v) is 3.84. The van der Waals surface area contributed by atoms with E-state index in [1.54, 1.807) is 7.11 Å². The van der Waals surface area contributed by atoms with Crippen LogP contribution in [0.1, 0.15) is 37.7 Å². The van der Waals surface area contributed by atoms with Crippen LogP contribution in [0.2, 0.25) is 0 Å². The van der Waals surface area contributed by atoms with E-state index in [-0.39, 0.29) is 16.7 Å². The van der Waals surface area contributed by atoms with Crippen molar-refractivity contribution in [2.24, 2.45) is 0 Å². The van der Waals surface area contributed by atoms with Gasteiger partial charge in [0, 0.05) is 24.0 Å². The van der Waals surface area contributed by atoms with Gasteiger partial charge in [-0.05, 0) is 64.1 Å². The first-order valence-electron chi connectivity index (χ1n) is 7.60. The average molecular weight is 336 g/mol. The summed E-state index contributed by atoms with van der Waals surface area (Å²) in [4.78, 5) is 26.1. The third-order valence-electron chi connectivity index (χ3n) is 3.82. The highest BCUT2D eigenvalue weighted by molar-refractivity contribution is 8.18. The van der Waals surface area contributed by atoms with Crippen molar-refractivity contribution >= 4 is 29.0 Å². The second kappa shape index (κ2) is 6.53. The van der Waals surface area contributed by atoms with Crippen LogP contribution in [0.15, 0.2) is 11.0 Å². The molecule has 0 bridgehead atoms. The second-order valence-electron chi connectivity index (χ2n) is 6.66. The Kier molecular flexibility index (Phi) is 5.06. The minimum absolute atomic E-state index is 0.0297. The number of thioether (sulfide) groups is 1. The summed E-state index contributed by atoms with van der Waals surface area (Å²) in [6.07, 6.45) is 1.82. The van der Waals surface area contributed by atoms with Gasteiger partial charge < -0.3 is 9.30 Å². The number of nitrogens with zero attached hydrogens (tertiary/aromatic N) is 2. The van der Waals surface area contributed by atoms with E-state index in [2.05, 4.69) is 38.3 Å². The Bertz CT molecular complexity index is 668. The molecule has 1 aliphatic heterocycles. The third kappa shape index (κ3) is 3.53. The smallest absolute Gasteiger partial charge is 0.293 e. The van der Waals surface area contributed by atoms with Crippen LogP contribution in [0.5, 0.6) is 0 Å². The zero-order chi connectivity index (χ0) is 17.4. The Morgan fingerprint density at radius 2 is 1.91 bits per heavy atom. The van der Waals surface area contributed by atoms with Crippen LogP contribution in [0.25, 0.3) is 6.08 Å². The van der Waals surface area contributed by atoms with E-state index in [4.69, 9.17) is 4.74 Å². The first-order chi connectivity index (χ1) is 10.7. The molecule has 1 saturated heterocycles. The van der Waals surface area contributed by atoms with Crippen LogP contribution >= 0.6 is 11.8 Å². The quantitative estimate of drug-likeness (QED) is 0.789. The van der Waals surface area contributed by atoms with E-state index in [9.17, 15) is 9.59 Å². The molecule has 6 heteroatoms. The highest BCUT2D eigenvalue weighted by Gasteiger charge is 2.35. The number of carbonyl (C=O) groups excluding carboxylic acids is 2. The van der Waals surface area contributed by atoms with E-state index in [1.807, 2.05) is 13.0 Å². The lowest BCUT2D eigenvalue weighted by atomic mass is 10.1. The summed E-state index contributed by atoms with van der Waals surface area (Å²) < 4.78 is 7.20. The highest BCUT2D eigenvalue weighted by atomic mass is 32.2. The van der Waals surface area contributed by atoms with Crippen LogP contribution in [-0.4, -0.2) is 40.9 Å². The summed E-state index contributed by atoms with van der Waals surface area (Å²) >= 11 is 0.992. The molecule has 0 atom stereocenters. The molecule has 0 unspecified atom stereocenters. The Labute approximate surface area is 141 Å². The normalized spacial score (nSPS) is 17.7. The molecular formula is C17H24N2O3S. The van der Waals surface area contributed by atoms with Gasteiger partial charge in [-0.25, -0.2) is 0 Å². The molecule has 0 aromatic carbocycles. The fourth-order valence-electron chi connectivity index (χ4n) is 2.98. The van der Waals surface area contributed by atoms with E-state index < -0.39 is 0 Å². The lowest BCUT2D eigenvalue weighted by molar-refractivity contribution is -0.123. The van der Waals surface area contributed by atoms with Crippen molar-refractivity contribution in [2.45, 2.75) is 40.2 Å². The zero-order valence-electron chi connectivity index (χ0n) is 14.6. The number of aryl methyl sites for hydroxylation is 1. The second-order valence-corrected chi connectivity index (χ2v) is 7.65. The Morgan fingerprint density at radius 3 is 2.43 bits per heavy atom. The van der Waals surface area contributed by atoms with Crippen LogP contribution in [-0.2, 0) is 15.1 Å². The number of carbonyl (C=O) groups is 2. The summed E-state index contributed by atoms with van der Waals surface area (Å²) in [6.45, 7) is 11.2. The molecule has 1 aromatic rings. The summed E-state index contributed by atoms with van der Waals surface area (Å²) in [5.41, 5.74) is 3.19. The van der Waals surface area contributed by atoms with Crippen LogP contribution in [0, 0.1) is 13.8 Å². The van der Waals surface area contributed by atoms with Crippen LogP contribution in [0.4, 0.5) is 4.79 Å². The number of aromatic nitrogens is 1. The van der Waals surface area contributed by atoms with Gasteiger partial charge in [-0.1, -0.05) is 0 Å². The molecule has 2 heterocycles. The topological polar surface area (TPSA) is 51.5 Å². The first kappa shape index (κ1) is 17.8. The van der Waals surface area contributed by atoms with Crippen molar-refractivity contribution in [3.63, 3.8) is 0 Å². The van der Waals surface area contributed by atoms with Crippen molar-refractivity contribution in [2.75, 3.05) is 20.3 Å². The van der Waals surface area contributed by atoms with Crippen molar-refractivity contribution in [1.29, 1.82) is 0 Å². The number of amides is 2. The Hall–Kier alpha value is -1.53. The van der Waals surface area contributed by atoms with Gasteiger partial charge in [0.2, 0.25) is 0 Å². The van der Waals surface area contributed by atoms with Gasteiger partial charge in [0.05, 0.1) is 18.1 Å². The molecule has 1 fully saturated rings. The van der Waals surface area contributed by atoms with Crippen molar-refractivity contribution in [1.82, 2.24) is 9.47 Å². The third-order valence-corrected chi connectivity index (χ3v) is 4.73. The fraction of sp³-hybridized carbons (Fsp3) is 0.529. The molecule has 2 amide bonds. The predicted octanol–water partition coefficient (Wildman–Crippen LogP) is 3.54. The molecule has 0 N–H and O–H groups in total. The molecule has 5 nitrogen and oxygen atoms in total. The van der Waals surface area contributed by atoms with Gasteiger partial charge in [-0.15, -0.1) is 0 Å². The van der Waals surface area contributed by atoms with Gasteiger partial charge in [0.25, 0.3) is 11.1 Å². The molecule has 1 aliphatic rings. The number of methoxy groups -OCH3 is 1. The van der Waals surface area contributed by atoms with E-state index in [0.717, 1.165) is 28.7 Å². The number of hydrogen-bond acceptors (Lipinski definition) is 4. The molecule has 0 saturated carbocycles. The lowest BCUT2D eigenvalue weighted by Crippen LogP contribution is -2.31. The minimum atomic E-state index is -0.238. The van der Waals surface area contributed by atoms with Crippen LogP contribution < -0.4 is 0 Å². The molecular weight excluding hydrogens is 312 g/mol. The summed E-state index contributed by atoms with van der Waals surface area (Å²) in [6, 6.07) is 2.06. The maximum atomic E-state index is 12.4. The van der Waals surface area contributed by atoms with E-state index >= 15 is 0 Å². The van der Waals surface area contributed by atoms with Gasteiger partial charge in [0.1, 0.15) is 0 Å². The van der Waals surface area contributed by atoms with Gasteiger partial charge >= 0.3 is 0 Å². The van der Waals surface area contributed by atoms with E-state index in [0.29, 0.717) is 18.1 Å². The van der Waals surface area contributed by atoms with Gasteiger partial charge in [-0.3, -0.25) is 14.5 Å². The maximum absolute atomic E-state index is 12.4. The van der Waals surface area contributed by atoms with Crippen molar-refractivity contribution in [3.8, 4) is 0 Å². The van der Waals surface area contributed by atoms with Crippen LogP contribution in [0.3, 0.4) is 0 Å². The standard InChI is InChI=1S/C17H24N2O3S/c1-11-9-13(12(2)19(11)17(3,4)5)10-14-15(20)18(7-8-22-6)16(21)23-14/h9-10H,7-8H2,1-6H3/b14-10+. The minimum Gasteiger partial charge on any atom is -0.383 e. The molecule has 1 aromatic heterocycles. The monoisotopic (exact) mass is 336 g/mol. The molecule has 0 radical (unpaired) electrons. The van der Waals surface area contributed by atoms with E-state index in [1.165, 1.54) is 4.90 Å². The maximum Gasteiger partial charge on any atom is 0.293 e. The molecule has 0 spiro atoms. The number of ether oxygens (including phenoxy) is 1.